The first-order valence-corrected chi connectivity index (χ1v) is 14.9. The third-order valence-corrected chi connectivity index (χ3v) is 8.28. The Labute approximate surface area is 262 Å². The monoisotopic (exact) mass is 606 g/mol. The third kappa shape index (κ3) is 6.25. The minimum absolute atomic E-state index is 0.00532. The normalized spacial score (nSPS) is 22.9. The molecular weight excluding hydrogens is 568 g/mol. The molecule has 10 heteroatoms. The molecule has 3 amide bonds. The standard InChI is InChI=1S/C30H29N5O3.C5H9NO/c1-29(2,3)26-27(37)34-23(28-32-19(15-31)16-38-28)14-30-20-6-4-5-7-22(20)33-24(30)13-18-10-8-17(12-21(18)30)9-11-25(36)35-26;1-4(2)3-5(6)7/h4-8,10,12,14,16,24,26,33H,9,11,13H2,1-3H3,(H,34,37)(H,35,36);3H,1-2H3,(H2,6,7)/b23-14+;. The number of oxazole rings is 1. The van der Waals surface area contributed by atoms with Crippen LogP contribution in [0.4, 0.5) is 5.69 Å². The van der Waals surface area contributed by atoms with Gasteiger partial charge in [-0.15, -0.1) is 0 Å². The molecule has 0 saturated carbocycles. The van der Waals surface area contributed by atoms with Crippen LogP contribution in [0, 0.1) is 16.7 Å². The molecule has 3 atom stereocenters. The minimum Gasteiger partial charge on any atom is -0.442 e. The number of rotatable bonds is 2. The number of carbonyl (C=O) groups is 3. The third-order valence-electron chi connectivity index (χ3n) is 8.28. The molecule has 5 N–H and O–H groups in total. The molecule has 3 heterocycles. The first-order valence-electron chi connectivity index (χ1n) is 14.9. The second-order valence-corrected chi connectivity index (χ2v) is 13.0. The summed E-state index contributed by atoms with van der Waals surface area (Å²) in [6.07, 6.45) is 6.33. The molecule has 10 nitrogen and oxygen atoms in total. The van der Waals surface area contributed by atoms with Crippen molar-refractivity contribution in [2.45, 2.75) is 71.4 Å². The Hall–Kier alpha value is -5.17. The Kier molecular flexibility index (Phi) is 8.39. The van der Waals surface area contributed by atoms with E-state index in [1.807, 2.05) is 58.9 Å². The second-order valence-electron chi connectivity index (χ2n) is 13.0. The molecule has 2 aromatic carbocycles. The lowest BCUT2D eigenvalue weighted by Crippen LogP contribution is -2.53. The molecule has 1 spiro atoms. The average molecular weight is 607 g/mol. The van der Waals surface area contributed by atoms with E-state index in [-0.39, 0.29) is 41.8 Å². The molecule has 2 bridgehead atoms. The number of anilines is 1. The van der Waals surface area contributed by atoms with Crippen molar-refractivity contribution in [2.75, 3.05) is 5.32 Å². The topological polar surface area (TPSA) is 163 Å². The molecule has 1 aromatic heterocycles. The summed E-state index contributed by atoms with van der Waals surface area (Å²) in [5.41, 5.74) is 10.6. The Balaban J connectivity index is 0.000000515. The number of primary amides is 1. The SMILES string of the molecule is CC(C)(C)C1NC(=O)CCc2ccc3c(c2)C2(/C=C(\c4nc(C#N)co4)NC1=O)c1ccccc1NC2C3.CC(C)=CC(N)=O. The Morgan fingerprint density at radius 1 is 1.11 bits per heavy atom. The summed E-state index contributed by atoms with van der Waals surface area (Å²) in [5, 5.41) is 19.1. The Morgan fingerprint density at radius 2 is 1.87 bits per heavy atom. The molecule has 45 heavy (non-hydrogen) atoms. The van der Waals surface area contributed by atoms with Crippen LogP contribution in [0.25, 0.3) is 5.70 Å². The summed E-state index contributed by atoms with van der Waals surface area (Å²) in [6.45, 7) is 9.39. The highest BCUT2D eigenvalue weighted by Crippen LogP contribution is 2.54. The number of para-hydroxylation sites is 1. The van der Waals surface area contributed by atoms with E-state index in [0.717, 1.165) is 34.4 Å². The number of hydrogen-bond donors (Lipinski definition) is 4. The van der Waals surface area contributed by atoms with Gasteiger partial charge in [-0.25, -0.2) is 0 Å². The molecule has 0 radical (unpaired) electrons. The van der Waals surface area contributed by atoms with E-state index in [1.54, 1.807) is 0 Å². The molecule has 0 fully saturated rings. The van der Waals surface area contributed by atoms with Crippen LogP contribution in [0.1, 0.15) is 74.9 Å². The molecule has 3 aliphatic rings. The van der Waals surface area contributed by atoms with Gasteiger partial charge in [-0.2, -0.15) is 10.2 Å². The second kappa shape index (κ2) is 12.1. The molecule has 1 aliphatic carbocycles. The number of nitrogens with zero attached hydrogens (tertiary/aromatic N) is 2. The number of fused-ring (bicyclic) bond motifs is 2. The number of nitriles is 1. The molecule has 2 aliphatic heterocycles. The van der Waals surface area contributed by atoms with Crippen LogP contribution >= 0.6 is 0 Å². The van der Waals surface area contributed by atoms with Crippen LogP contribution in [-0.2, 0) is 32.6 Å². The van der Waals surface area contributed by atoms with Gasteiger partial charge >= 0.3 is 0 Å². The Bertz CT molecular complexity index is 1770. The van der Waals surface area contributed by atoms with Gasteiger partial charge < -0.3 is 26.1 Å². The van der Waals surface area contributed by atoms with Crippen LogP contribution in [-0.4, -0.2) is 34.8 Å². The quantitative estimate of drug-likeness (QED) is 0.317. The summed E-state index contributed by atoms with van der Waals surface area (Å²) >= 11 is 0. The first-order chi connectivity index (χ1) is 21.3. The fourth-order valence-electron chi connectivity index (χ4n) is 6.31. The molecule has 6 rings (SSSR count). The van der Waals surface area contributed by atoms with Crippen LogP contribution in [0.5, 0.6) is 0 Å². The lowest BCUT2D eigenvalue weighted by atomic mass is 9.73. The van der Waals surface area contributed by atoms with Crippen molar-refractivity contribution in [1.29, 1.82) is 5.26 Å². The van der Waals surface area contributed by atoms with E-state index in [2.05, 4.69) is 51.3 Å². The maximum absolute atomic E-state index is 13.8. The summed E-state index contributed by atoms with van der Waals surface area (Å²) in [7, 11) is 0. The van der Waals surface area contributed by atoms with E-state index in [0.29, 0.717) is 12.1 Å². The molecular formula is C35H38N6O4. The predicted molar refractivity (Wildman–Crippen MR) is 170 cm³/mol. The van der Waals surface area contributed by atoms with E-state index in [4.69, 9.17) is 10.2 Å². The lowest BCUT2D eigenvalue weighted by Gasteiger charge is -2.31. The summed E-state index contributed by atoms with van der Waals surface area (Å²) < 4.78 is 5.71. The van der Waals surface area contributed by atoms with Gasteiger partial charge in [0.05, 0.1) is 5.41 Å². The number of amides is 3. The van der Waals surface area contributed by atoms with Crippen LogP contribution in [0.3, 0.4) is 0 Å². The largest absolute Gasteiger partial charge is 0.442 e. The lowest BCUT2D eigenvalue weighted by molar-refractivity contribution is -0.130. The van der Waals surface area contributed by atoms with E-state index in [9.17, 15) is 19.6 Å². The van der Waals surface area contributed by atoms with Gasteiger partial charge in [0.1, 0.15) is 24.1 Å². The molecule has 3 unspecified atom stereocenters. The number of nitrogens with two attached hydrogens (primary N) is 1. The zero-order chi connectivity index (χ0) is 32.5. The molecule has 3 aromatic rings. The highest BCUT2D eigenvalue weighted by atomic mass is 16.3. The number of carbonyl (C=O) groups excluding carboxylic acids is 3. The van der Waals surface area contributed by atoms with Crippen LogP contribution in [0.15, 0.2) is 70.9 Å². The average Bonchev–Trinajstić information content (AvgIpc) is 3.64. The van der Waals surface area contributed by atoms with Gasteiger partial charge in [0.2, 0.25) is 23.6 Å². The molecule has 0 saturated heterocycles. The maximum Gasteiger partial charge on any atom is 0.247 e. The van der Waals surface area contributed by atoms with Crippen molar-refractivity contribution in [3.63, 3.8) is 0 Å². The summed E-state index contributed by atoms with van der Waals surface area (Å²) in [5.74, 6) is -0.787. The van der Waals surface area contributed by atoms with Crippen molar-refractivity contribution >= 4 is 29.1 Å². The zero-order valence-electron chi connectivity index (χ0n) is 26.2. The summed E-state index contributed by atoms with van der Waals surface area (Å²) in [6, 6.07) is 15.8. The van der Waals surface area contributed by atoms with Gasteiger partial charge in [0.25, 0.3) is 0 Å². The number of allylic oxidation sites excluding steroid dienone is 1. The van der Waals surface area contributed by atoms with E-state index >= 15 is 0 Å². The van der Waals surface area contributed by atoms with Crippen LogP contribution in [0.2, 0.25) is 0 Å². The Morgan fingerprint density at radius 3 is 2.51 bits per heavy atom. The van der Waals surface area contributed by atoms with Crippen molar-refractivity contribution in [1.82, 2.24) is 15.6 Å². The highest BCUT2D eigenvalue weighted by Gasteiger charge is 2.52. The fourth-order valence-corrected chi connectivity index (χ4v) is 6.31. The van der Waals surface area contributed by atoms with E-state index < -0.39 is 16.9 Å². The summed E-state index contributed by atoms with van der Waals surface area (Å²) in [4.78, 5) is 41.1. The van der Waals surface area contributed by atoms with Crippen LogP contribution < -0.4 is 21.7 Å². The number of aryl methyl sites for hydroxylation is 1. The van der Waals surface area contributed by atoms with Gasteiger partial charge in [-0.3, -0.25) is 14.4 Å². The van der Waals surface area contributed by atoms with Crippen molar-refractivity contribution in [2.24, 2.45) is 11.1 Å². The first kappa shape index (κ1) is 31.3. The van der Waals surface area contributed by atoms with Crippen molar-refractivity contribution in [3.8, 4) is 6.07 Å². The molecule has 232 valence electrons. The number of nitrogens with one attached hydrogen (secondary N) is 3. The predicted octanol–water partition coefficient (Wildman–Crippen LogP) is 4.25. The van der Waals surface area contributed by atoms with E-state index in [1.165, 1.54) is 17.9 Å². The number of aromatic nitrogens is 1. The minimum atomic E-state index is -0.797. The van der Waals surface area contributed by atoms with Crippen molar-refractivity contribution in [3.05, 3.63) is 100 Å². The highest BCUT2D eigenvalue weighted by molar-refractivity contribution is 5.94. The maximum atomic E-state index is 13.8. The van der Waals surface area contributed by atoms with Gasteiger partial charge in [0, 0.05) is 24.2 Å². The zero-order valence-corrected chi connectivity index (χ0v) is 26.2. The fraction of sp³-hybridized carbons (Fsp3) is 0.343. The van der Waals surface area contributed by atoms with Gasteiger partial charge in [-0.1, -0.05) is 62.7 Å². The van der Waals surface area contributed by atoms with Gasteiger partial charge in [0.15, 0.2) is 5.69 Å². The smallest absolute Gasteiger partial charge is 0.247 e. The van der Waals surface area contributed by atoms with Crippen molar-refractivity contribution < 1.29 is 18.8 Å². The number of benzene rings is 2. The number of hydrogen-bond acceptors (Lipinski definition) is 7. The van der Waals surface area contributed by atoms with Gasteiger partial charge in [-0.05, 0) is 66.5 Å².